The number of hydrogen-bond acceptors (Lipinski definition) is 5. The van der Waals surface area contributed by atoms with Gasteiger partial charge in [-0.3, -0.25) is 25.2 Å². The van der Waals surface area contributed by atoms with Gasteiger partial charge in [-0.25, -0.2) is 8.42 Å². The van der Waals surface area contributed by atoms with E-state index >= 15 is 0 Å². The molecule has 1 aliphatic rings. The highest BCUT2D eigenvalue weighted by Gasteiger charge is 2.29. The van der Waals surface area contributed by atoms with E-state index in [2.05, 4.69) is 16.2 Å². The lowest BCUT2D eigenvalue weighted by Crippen LogP contribution is -2.43. The van der Waals surface area contributed by atoms with E-state index in [4.69, 9.17) is 0 Å². The van der Waals surface area contributed by atoms with Crippen LogP contribution in [0.3, 0.4) is 0 Å². The largest absolute Gasteiger partial charge is 0.352 e. The van der Waals surface area contributed by atoms with Crippen molar-refractivity contribution in [2.75, 3.05) is 18.1 Å². The molecule has 1 saturated heterocycles. The van der Waals surface area contributed by atoms with Gasteiger partial charge in [-0.2, -0.15) is 0 Å². The molecule has 9 heteroatoms. The lowest BCUT2D eigenvalue weighted by Gasteiger charge is -2.10. The molecular weight excluding hydrogens is 358 g/mol. The Kier molecular flexibility index (Phi) is 6.73. The average molecular weight is 381 g/mol. The van der Waals surface area contributed by atoms with Crippen LogP contribution in [0.25, 0.3) is 0 Å². The van der Waals surface area contributed by atoms with Crippen LogP contribution in [-0.4, -0.2) is 44.2 Å². The Morgan fingerprint density at radius 3 is 2.46 bits per heavy atom. The van der Waals surface area contributed by atoms with Gasteiger partial charge in [-0.15, -0.1) is 0 Å². The zero-order valence-corrected chi connectivity index (χ0v) is 15.4. The van der Waals surface area contributed by atoms with Crippen LogP contribution in [0, 0.1) is 12.8 Å². The quantitative estimate of drug-likeness (QED) is 0.603. The highest BCUT2D eigenvalue weighted by atomic mass is 32.2. The summed E-state index contributed by atoms with van der Waals surface area (Å²) in [6.07, 6.45) is 0.536. The van der Waals surface area contributed by atoms with Gasteiger partial charge in [0.05, 0.1) is 11.5 Å². The zero-order valence-electron chi connectivity index (χ0n) is 14.6. The Hall–Kier alpha value is -2.42. The molecule has 0 saturated carbocycles. The molecular formula is C17H23N3O5S. The van der Waals surface area contributed by atoms with Gasteiger partial charge in [0.15, 0.2) is 9.84 Å². The maximum atomic E-state index is 12.0. The fourth-order valence-electron chi connectivity index (χ4n) is 2.76. The summed E-state index contributed by atoms with van der Waals surface area (Å²) in [5.74, 6) is -1.21. The highest BCUT2D eigenvalue weighted by Crippen LogP contribution is 2.21. The summed E-state index contributed by atoms with van der Waals surface area (Å²) in [5.41, 5.74) is 5.92. The summed E-state index contributed by atoms with van der Waals surface area (Å²) in [5, 5.41) is 2.65. The number of amides is 3. The van der Waals surface area contributed by atoms with Crippen molar-refractivity contribution < 1.29 is 22.8 Å². The SMILES string of the molecule is Cc1ccccc1C(=O)NCCC(=O)NNC(=O)C[C@@H]1CCS(=O)(=O)C1. The van der Waals surface area contributed by atoms with E-state index < -0.39 is 21.7 Å². The standard InChI is InChI=1S/C17H23N3O5S/c1-12-4-2-3-5-14(12)17(23)18-8-6-15(21)19-20-16(22)10-13-7-9-26(24,25)11-13/h2-5,13H,6-11H2,1H3,(H,18,23)(H,19,21)(H,20,22)/t13-/m0/s1. The van der Waals surface area contributed by atoms with Crippen LogP contribution in [0.4, 0.5) is 0 Å². The van der Waals surface area contributed by atoms with E-state index in [1.165, 1.54) is 0 Å². The molecule has 142 valence electrons. The van der Waals surface area contributed by atoms with Gasteiger partial charge in [-0.05, 0) is 30.9 Å². The molecule has 1 aromatic carbocycles. The normalized spacial score (nSPS) is 18.1. The fourth-order valence-corrected chi connectivity index (χ4v) is 4.62. The van der Waals surface area contributed by atoms with E-state index in [1.54, 1.807) is 12.1 Å². The topological polar surface area (TPSA) is 121 Å². The molecule has 0 aliphatic carbocycles. The van der Waals surface area contributed by atoms with Crippen molar-refractivity contribution in [3.05, 3.63) is 35.4 Å². The maximum Gasteiger partial charge on any atom is 0.251 e. The van der Waals surface area contributed by atoms with Crippen LogP contribution in [0.2, 0.25) is 0 Å². The van der Waals surface area contributed by atoms with Crippen LogP contribution in [-0.2, 0) is 19.4 Å². The molecule has 0 bridgehead atoms. The van der Waals surface area contributed by atoms with Crippen molar-refractivity contribution in [1.29, 1.82) is 0 Å². The fraction of sp³-hybridized carbons (Fsp3) is 0.471. The smallest absolute Gasteiger partial charge is 0.251 e. The number of aryl methyl sites for hydroxylation is 1. The number of hydrazine groups is 1. The Balaban J connectivity index is 1.64. The minimum absolute atomic E-state index is 0.00963. The molecule has 0 spiro atoms. The van der Waals surface area contributed by atoms with E-state index in [0.717, 1.165) is 5.56 Å². The van der Waals surface area contributed by atoms with Crippen molar-refractivity contribution in [1.82, 2.24) is 16.2 Å². The first kappa shape index (κ1) is 19.9. The second kappa shape index (κ2) is 8.79. The molecule has 1 aliphatic heterocycles. The molecule has 1 heterocycles. The van der Waals surface area contributed by atoms with Gasteiger partial charge in [0.2, 0.25) is 11.8 Å². The summed E-state index contributed by atoms with van der Waals surface area (Å²) < 4.78 is 22.7. The minimum atomic E-state index is -3.03. The summed E-state index contributed by atoms with van der Waals surface area (Å²) in [6.45, 7) is 1.96. The predicted octanol–water partition coefficient (Wildman–Crippen LogP) is 0.0871. The van der Waals surface area contributed by atoms with E-state index in [0.29, 0.717) is 12.0 Å². The first-order valence-corrected chi connectivity index (χ1v) is 10.2. The van der Waals surface area contributed by atoms with Crippen molar-refractivity contribution >= 4 is 27.6 Å². The summed E-state index contributed by atoms with van der Waals surface area (Å²) in [6, 6.07) is 7.13. The molecule has 1 fully saturated rings. The maximum absolute atomic E-state index is 12.0. The Bertz CT molecular complexity index is 791. The van der Waals surface area contributed by atoms with Crippen molar-refractivity contribution in [3.63, 3.8) is 0 Å². The summed E-state index contributed by atoms with van der Waals surface area (Å²) in [7, 11) is -3.03. The van der Waals surface area contributed by atoms with Crippen LogP contribution in [0.1, 0.15) is 35.2 Å². The number of carbonyl (C=O) groups excluding carboxylic acids is 3. The van der Waals surface area contributed by atoms with E-state index in [9.17, 15) is 22.8 Å². The number of nitrogens with one attached hydrogen (secondary N) is 3. The zero-order chi connectivity index (χ0) is 19.2. The monoisotopic (exact) mass is 381 g/mol. The summed E-state index contributed by atoms with van der Waals surface area (Å²) >= 11 is 0. The third-order valence-corrected chi connectivity index (χ3v) is 6.01. The minimum Gasteiger partial charge on any atom is -0.352 e. The molecule has 3 amide bonds. The van der Waals surface area contributed by atoms with Gasteiger partial charge >= 0.3 is 0 Å². The average Bonchev–Trinajstić information content (AvgIpc) is 2.91. The molecule has 0 radical (unpaired) electrons. The Morgan fingerprint density at radius 1 is 1.12 bits per heavy atom. The number of benzene rings is 1. The van der Waals surface area contributed by atoms with E-state index in [1.807, 2.05) is 19.1 Å². The predicted molar refractivity (Wildman–Crippen MR) is 95.8 cm³/mol. The van der Waals surface area contributed by atoms with Crippen LogP contribution in [0.5, 0.6) is 0 Å². The molecule has 8 nitrogen and oxygen atoms in total. The van der Waals surface area contributed by atoms with Crippen molar-refractivity contribution in [3.8, 4) is 0 Å². The second-order valence-electron chi connectivity index (χ2n) is 6.39. The Morgan fingerprint density at radius 2 is 1.81 bits per heavy atom. The number of sulfone groups is 1. The van der Waals surface area contributed by atoms with E-state index in [-0.39, 0.29) is 42.7 Å². The molecule has 3 N–H and O–H groups in total. The van der Waals surface area contributed by atoms with Crippen LogP contribution >= 0.6 is 0 Å². The number of rotatable bonds is 6. The lowest BCUT2D eigenvalue weighted by molar-refractivity contribution is -0.129. The molecule has 0 unspecified atom stereocenters. The number of hydrogen-bond donors (Lipinski definition) is 3. The second-order valence-corrected chi connectivity index (χ2v) is 8.62. The highest BCUT2D eigenvalue weighted by molar-refractivity contribution is 7.91. The molecule has 1 atom stereocenters. The third kappa shape index (κ3) is 6.14. The van der Waals surface area contributed by atoms with Gasteiger partial charge in [0.25, 0.3) is 5.91 Å². The molecule has 0 aromatic heterocycles. The molecule has 26 heavy (non-hydrogen) atoms. The van der Waals surface area contributed by atoms with Crippen molar-refractivity contribution in [2.24, 2.45) is 5.92 Å². The van der Waals surface area contributed by atoms with Gasteiger partial charge in [-0.1, -0.05) is 18.2 Å². The van der Waals surface area contributed by atoms with Gasteiger partial charge < -0.3 is 5.32 Å². The first-order valence-electron chi connectivity index (χ1n) is 8.39. The van der Waals surface area contributed by atoms with Crippen LogP contribution in [0.15, 0.2) is 24.3 Å². The first-order chi connectivity index (χ1) is 12.3. The number of carbonyl (C=O) groups is 3. The Labute approximate surface area is 152 Å². The van der Waals surface area contributed by atoms with Gasteiger partial charge in [0, 0.05) is 24.9 Å². The third-order valence-electron chi connectivity index (χ3n) is 4.17. The lowest BCUT2D eigenvalue weighted by atomic mass is 10.1. The molecule has 1 aromatic rings. The van der Waals surface area contributed by atoms with Crippen LogP contribution < -0.4 is 16.2 Å². The van der Waals surface area contributed by atoms with Gasteiger partial charge in [0.1, 0.15) is 0 Å². The van der Waals surface area contributed by atoms with Crippen molar-refractivity contribution in [2.45, 2.75) is 26.2 Å². The summed E-state index contributed by atoms with van der Waals surface area (Å²) in [4.78, 5) is 35.4. The molecule has 2 rings (SSSR count).